The molecule has 1 saturated heterocycles. The van der Waals surface area contributed by atoms with Crippen molar-refractivity contribution in [2.75, 3.05) is 11.5 Å². The molecule has 30 heavy (non-hydrogen) atoms. The topological polar surface area (TPSA) is 118 Å². The average Bonchev–Trinajstić information content (AvgIpc) is 3.46. The van der Waals surface area contributed by atoms with Crippen molar-refractivity contribution in [3.05, 3.63) is 66.1 Å². The zero-order valence-corrected chi connectivity index (χ0v) is 16.7. The van der Waals surface area contributed by atoms with Crippen LogP contribution in [0.25, 0.3) is 23.2 Å². The molecule has 3 aromatic rings. The van der Waals surface area contributed by atoms with E-state index in [4.69, 9.17) is 4.42 Å². The third-order valence-electron chi connectivity index (χ3n) is 4.75. The van der Waals surface area contributed by atoms with E-state index < -0.39 is 21.8 Å². The summed E-state index contributed by atoms with van der Waals surface area (Å²) in [5, 5.41) is 16.7. The van der Waals surface area contributed by atoms with Crippen LogP contribution < -0.4 is 5.32 Å². The van der Waals surface area contributed by atoms with Gasteiger partial charge in [0.1, 0.15) is 17.3 Å². The minimum absolute atomic E-state index is 0.0377. The van der Waals surface area contributed by atoms with Gasteiger partial charge in [0.05, 0.1) is 23.5 Å². The minimum atomic E-state index is -3.14. The predicted molar refractivity (Wildman–Crippen MR) is 110 cm³/mol. The van der Waals surface area contributed by atoms with E-state index in [1.54, 1.807) is 23.0 Å². The van der Waals surface area contributed by atoms with Crippen molar-refractivity contribution in [2.24, 2.45) is 0 Å². The van der Waals surface area contributed by atoms with E-state index in [0.29, 0.717) is 23.4 Å². The number of rotatable bonds is 5. The largest absolute Gasteiger partial charge is 0.463 e. The van der Waals surface area contributed by atoms with Crippen molar-refractivity contribution < 1.29 is 17.6 Å². The Bertz CT molecular complexity index is 1240. The van der Waals surface area contributed by atoms with Crippen LogP contribution in [0.4, 0.5) is 0 Å². The van der Waals surface area contributed by atoms with Gasteiger partial charge in [0.2, 0.25) is 0 Å². The molecular formula is C21H18N4O4S. The molecule has 152 valence electrons. The summed E-state index contributed by atoms with van der Waals surface area (Å²) < 4.78 is 30.3. The molecule has 1 aromatic carbocycles. The first-order chi connectivity index (χ1) is 14.4. The first-order valence-electron chi connectivity index (χ1n) is 9.27. The number of sulfone groups is 1. The van der Waals surface area contributed by atoms with Crippen LogP contribution in [0.5, 0.6) is 0 Å². The van der Waals surface area contributed by atoms with Gasteiger partial charge < -0.3 is 9.73 Å². The predicted octanol–water partition coefficient (Wildman–Crippen LogP) is 2.34. The smallest absolute Gasteiger partial charge is 0.262 e. The van der Waals surface area contributed by atoms with Crippen molar-refractivity contribution in [1.29, 1.82) is 5.26 Å². The van der Waals surface area contributed by atoms with E-state index in [2.05, 4.69) is 10.4 Å². The molecule has 0 bridgehead atoms. The number of nitrogens with one attached hydrogen (secondary N) is 1. The summed E-state index contributed by atoms with van der Waals surface area (Å²) in [5.74, 6) is -0.190. The Kier molecular flexibility index (Phi) is 5.25. The third kappa shape index (κ3) is 4.18. The lowest BCUT2D eigenvalue weighted by atomic mass is 10.1. The Morgan fingerprint density at radius 1 is 1.27 bits per heavy atom. The number of furan rings is 1. The summed E-state index contributed by atoms with van der Waals surface area (Å²) in [6, 6.07) is 14.3. The van der Waals surface area contributed by atoms with E-state index >= 15 is 0 Å². The van der Waals surface area contributed by atoms with Gasteiger partial charge in [-0.25, -0.2) is 13.1 Å². The quantitative estimate of drug-likeness (QED) is 0.498. The molecule has 3 heterocycles. The van der Waals surface area contributed by atoms with Crippen LogP contribution in [0.15, 0.2) is 64.9 Å². The van der Waals surface area contributed by atoms with Crippen molar-refractivity contribution in [1.82, 2.24) is 15.1 Å². The van der Waals surface area contributed by atoms with Gasteiger partial charge in [-0.1, -0.05) is 18.2 Å². The number of carbonyl (C=O) groups excluding carboxylic acids is 1. The summed E-state index contributed by atoms with van der Waals surface area (Å²) in [5.41, 5.74) is 1.68. The highest BCUT2D eigenvalue weighted by molar-refractivity contribution is 7.91. The summed E-state index contributed by atoms with van der Waals surface area (Å²) in [6.45, 7) is 0. The average molecular weight is 422 g/mol. The molecular weight excluding hydrogens is 404 g/mol. The Labute approximate surface area is 173 Å². The zero-order valence-electron chi connectivity index (χ0n) is 15.9. The second-order valence-electron chi connectivity index (χ2n) is 6.93. The SMILES string of the molecule is N#CC(=Cc1cn(-c2ccccc2)nc1-c1ccco1)C(=O)NC1CCS(=O)(=O)C1. The molecule has 1 aliphatic heterocycles. The molecule has 0 aliphatic carbocycles. The van der Waals surface area contributed by atoms with Crippen molar-refractivity contribution >= 4 is 21.8 Å². The van der Waals surface area contributed by atoms with Crippen LogP contribution in [0.2, 0.25) is 0 Å². The Morgan fingerprint density at radius 3 is 2.70 bits per heavy atom. The Balaban J connectivity index is 1.67. The fourth-order valence-electron chi connectivity index (χ4n) is 3.29. The molecule has 0 saturated carbocycles. The van der Waals surface area contributed by atoms with E-state index in [9.17, 15) is 18.5 Å². The zero-order chi connectivity index (χ0) is 21.1. The second-order valence-corrected chi connectivity index (χ2v) is 9.16. The molecule has 9 heteroatoms. The highest BCUT2D eigenvalue weighted by atomic mass is 32.2. The van der Waals surface area contributed by atoms with Crippen molar-refractivity contribution in [2.45, 2.75) is 12.5 Å². The number of hydrogen-bond acceptors (Lipinski definition) is 6. The summed E-state index contributed by atoms with van der Waals surface area (Å²) >= 11 is 0. The maximum atomic E-state index is 12.6. The number of benzene rings is 1. The maximum Gasteiger partial charge on any atom is 0.262 e. The number of carbonyl (C=O) groups is 1. The van der Waals surface area contributed by atoms with Crippen LogP contribution in [0.3, 0.4) is 0 Å². The maximum absolute atomic E-state index is 12.6. The number of para-hydroxylation sites is 1. The molecule has 1 atom stereocenters. The second kappa shape index (κ2) is 8.00. The fraction of sp³-hybridized carbons (Fsp3) is 0.190. The van der Waals surface area contributed by atoms with Crippen LogP contribution >= 0.6 is 0 Å². The van der Waals surface area contributed by atoms with Crippen molar-refractivity contribution in [3.8, 4) is 23.2 Å². The molecule has 0 radical (unpaired) electrons. The van der Waals surface area contributed by atoms with Gasteiger partial charge in [0, 0.05) is 17.8 Å². The molecule has 1 aliphatic rings. The van der Waals surface area contributed by atoms with Crippen LogP contribution in [0.1, 0.15) is 12.0 Å². The highest BCUT2D eigenvalue weighted by Crippen LogP contribution is 2.26. The standard InChI is InChI=1S/C21H18N4O4S/c22-12-15(21(26)23-17-8-10-30(27,28)14-17)11-16-13-25(18-5-2-1-3-6-18)24-20(16)19-7-4-9-29-19/h1-7,9,11,13,17H,8,10,14H2,(H,23,26). The fourth-order valence-corrected chi connectivity index (χ4v) is 4.96. The summed E-state index contributed by atoms with van der Waals surface area (Å²) in [6.07, 6.45) is 5.00. The Hall–Kier alpha value is -3.64. The van der Waals surface area contributed by atoms with Crippen LogP contribution in [-0.2, 0) is 14.6 Å². The number of aromatic nitrogens is 2. The molecule has 0 spiro atoms. The van der Waals surface area contributed by atoms with E-state index in [0.717, 1.165) is 5.69 Å². The van der Waals surface area contributed by atoms with Crippen molar-refractivity contribution in [3.63, 3.8) is 0 Å². The number of nitriles is 1. The van der Waals surface area contributed by atoms with Gasteiger partial charge in [-0.15, -0.1) is 0 Å². The van der Waals surface area contributed by atoms with Gasteiger partial charge in [-0.3, -0.25) is 4.79 Å². The van der Waals surface area contributed by atoms with E-state index in [1.165, 1.54) is 12.3 Å². The molecule has 8 nitrogen and oxygen atoms in total. The van der Waals surface area contributed by atoms with Gasteiger partial charge in [0.25, 0.3) is 5.91 Å². The first-order valence-corrected chi connectivity index (χ1v) is 11.1. The molecule has 1 N–H and O–H groups in total. The van der Waals surface area contributed by atoms with Crippen LogP contribution in [-0.4, -0.2) is 41.7 Å². The monoisotopic (exact) mass is 422 g/mol. The molecule has 1 unspecified atom stereocenters. The lowest BCUT2D eigenvalue weighted by Crippen LogP contribution is -2.36. The molecule has 4 rings (SSSR count). The highest BCUT2D eigenvalue weighted by Gasteiger charge is 2.29. The first kappa shape index (κ1) is 19.7. The lowest BCUT2D eigenvalue weighted by Gasteiger charge is -2.09. The van der Waals surface area contributed by atoms with Gasteiger partial charge in [-0.2, -0.15) is 10.4 Å². The number of amides is 1. The normalized spacial score (nSPS) is 18.1. The summed E-state index contributed by atoms with van der Waals surface area (Å²) in [7, 11) is -3.14. The molecule has 1 fully saturated rings. The number of hydrogen-bond donors (Lipinski definition) is 1. The Morgan fingerprint density at radius 2 is 2.07 bits per heavy atom. The van der Waals surface area contributed by atoms with Gasteiger partial charge >= 0.3 is 0 Å². The summed E-state index contributed by atoms with van der Waals surface area (Å²) in [4.78, 5) is 12.6. The molecule has 1 amide bonds. The van der Waals surface area contributed by atoms with Gasteiger partial charge in [-0.05, 0) is 36.8 Å². The third-order valence-corrected chi connectivity index (χ3v) is 6.52. The minimum Gasteiger partial charge on any atom is -0.463 e. The van der Waals surface area contributed by atoms with E-state index in [-0.39, 0.29) is 17.1 Å². The van der Waals surface area contributed by atoms with Gasteiger partial charge in [0.15, 0.2) is 15.6 Å². The molecule has 2 aromatic heterocycles. The van der Waals surface area contributed by atoms with E-state index in [1.807, 2.05) is 36.4 Å². The lowest BCUT2D eigenvalue weighted by molar-refractivity contribution is -0.117. The number of nitrogens with zero attached hydrogens (tertiary/aromatic N) is 3. The van der Waals surface area contributed by atoms with Crippen LogP contribution in [0, 0.1) is 11.3 Å².